The van der Waals surface area contributed by atoms with Gasteiger partial charge in [0.2, 0.25) is 0 Å². The summed E-state index contributed by atoms with van der Waals surface area (Å²) in [5, 5.41) is 9.94. The van der Waals surface area contributed by atoms with Crippen LogP contribution < -0.4 is 5.73 Å². The van der Waals surface area contributed by atoms with Gasteiger partial charge >= 0.3 is 0 Å². The summed E-state index contributed by atoms with van der Waals surface area (Å²) in [7, 11) is 0. The first-order valence-corrected chi connectivity index (χ1v) is 6.95. The van der Waals surface area contributed by atoms with Crippen molar-refractivity contribution in [3.05, 3.63) is 18.0 Å². The highest BCUT2D eigenvalue weighted by molar-refractivity contribution is 5.94. The Balaban J connectivity index is 1.77. The number of nitrogens with zero attached hydrogens (tertiary/aromatic N) is 2. The summed E-state index contributed by atoms with van der Waals surface area (Å²) in [6, 6.07) is 2.22. The first-order valence-electron chi connectivity index (χ1n) is 6.95. The molecule has 1 aromatic rings. The lowest BCUT2D eigenvalue weighted by Gasteiger charge is -2.35. The van der Waals surface area contributed by atoms with Gasteiger partial charge in [-0.1, -0.05) is 0 Å². The lowest BCUT2D eigenvalue weighted by Crippen LogP contribution is -2.45. The Morgan fingerprint density at radius 3 is 2.63 bits per heavy atom. The predicted molar refractivity (Wildman–Crippen MR) is 72.9 cm³/mol. The minimum Gasteiger partial charge on any atom is -0.397 e. The third kappa shape index (κ3) is 2.47. The second-order valence-electron chi connectivity index (χ2n) is 6.09. The highest BCUT2D eigenvalue weighted by Crippen LogP contribution is 2.37. The summed E-state index contributed by atoms with van der Waals surface area (Å²) in [4.78, 5) is 14.4. The summed E-state index contributed by atoms with van der Waals surface area (Å²) >= 11 is 0. The molecule has 0 bridgehead atoms. The maximum Gasteiger partial charge on any atom is 0.270 e. The van der Waals surface area contributed by atoms with E-state index in [4.69, 9.17) is 5.73 Å². The quantitative estimate of drug-likeness (QED) is 0.847. The number of hydrogen-bond acceptors (Lipinski definition) is 3. The van der Waals surface area contributed by atoms with E-state index in [-0.39, 0.29) is 5.91 Å². The van der Waals surface area contributed by atoms with Crippen molar-refractivity contribution >= 4 is 11.6 Å². The van der Waals surface area contributed by atoms with Gasteiger partial charge in [0, 0.05) is 25.3 Å². The average molecular weight is 263 g/mol. The van der Waals surface area contributed by atoms with Crippen LogP contribution in [0.1, 0.15) is 49.1 Å². The molecule has 1 saturated heterocycles. The minimum atomic E-state index is -0.631. The Bertz CT molecular complexity index is 493. The van der Waals surface area contributed by atoms with Gasteiger partial charge in [-0.15, -0.1) is 0 Å². The molecule has 5 heteroatoms. The van der Waals surface area contributed by atoms with Crippen molar-refractivity contribution in [3.63, 3.8) is 0 Å². The molecule has 3 rings (SSSR count). The van der Waals surface area contributed by atoms with Gasteiger partial charge in [-0.05, 0) is 38.7 Å². The zero-order valence-electron chi connectivity index (χ0n) is 11.3. The fourth-order valence-corrected chi connectivity index (χ4v) is 2.68. The molecular weight excluding hydrogens is 242 g/mol. The van der Waals surface area contributed by atoms with Gasteiger partial charge < -0.3 is 20.3 Å². The molecule has 1 aliphatic heterocycles. The van der Waals surface area contributed by atoms with Gasteiger partial charge in [0.1, 0.15) is 5.69 Å². The molecule has 3 N–H and O–H groups in total. The van der Waals surface area contributed by atoms with E-state index >= 15 is 0 Å². The number of carbonyl (C=O) groups excluding carboxylic acids is 1. The number of nitrogens with two attached hydrogens (primary N) is 1. The molecule has 0 radical (unpaired) electrons. The largest absolute Gasteiger partial charge is 0.397 e. The molecule has 0 atom stereocenters. The third-order valence-corrected chi connectivity index (χ3v) is 4.16. The second kappa shape index (κ2) is 4.27. The van der Waals surface area contributed by atoms with Crippen LogP contribution in [0.3, 0.4) is 0 Å². The Hall–Kier alpha value is -1.49. The maximum atomic E-state index is 12.5. The van der Waals surface area contributed by atoms with Crippen LogP contribution in [-0.2, 0) is 0 Å². The highest BCUT2D eigenvalue weighted by atomic mass is 16.3. The number of aliphatic hydroxyl groups is 1. The van der Waals surface area contributed by atoms with Crippen LogP contribution in [0.25, 0.3) is 0 Å². The number of nitrogen functional groups attached to an aromatic ring is 1. The average Bonchev–Trinajstić information content (AvgIpc) is 3.12. The topological polar surface area (TPSA) is 71.5 Å². The van der Waals surface area contributed by atoms with Crippen molar-refractivity contribution in [1.29, 1.82) is 0 Å². The van der Waals surface area contributed by atoms with Crippen LogP contribution in [0.4, 0.5) is 5.69 Å². The lowest BCUT2D eigenvalue weighted by atomic mass is 9.94. The van der Waals surface area contributed by atoms with E-state index < -0.39 is 5.60 Å². The molecule has 1 aliphatic carbocycles. The van der Waals surface area contributed by atoms with E-state index in [0.29, 0.717) is 43.4 Å². The number of anilines is 1. The fourth-order valence-electron chi connectivity index (χ4n) is 2.68. The summed E-state index contributed by atoms with van der Waals surface area (Å²) in [5.41, 5.74) is 6.54. The summed E-state index contributed by atoms with van der Waals surface area (Å²) in [6.45, 7) is 3.06. The smallest absolute Gasteiger partial charge is 0.270 e. The van der Waals surface area contributed by atoms with Crippen molar-refractivity contribution in [2.24, 2.45) is 0 Å². The molecule has 2 aliphatic rings. The first-order chi connectivity index (χ1) is 8.96. The highest BCUT2D eigenvalue weighted by Gasteiger charge is 2.33. The van der Waals surface area contributed by atoms with Gasteiger partial charge in [0.25, 0.3) is 5.91 Å². The molecule has 19 heavy (non-hydrogen) atoms. The lowest BCUT2D eigenvalue weighted by molar-refractivity contribution is -0.00232. The zero-order valence-corrected chi connectivity index (χ0v) is 11.3. The van der Waals surface area contributed by atoms with Crippen LogP contribution in [-0.4, -0.2) is 39.2 Å². The molecule has 104 valence electrons. The van der Waals surface area contributed by atoms with Gasteiger partial charge in [0.05, 0.1) is 11.3 Å². The second-order valence-corrected chi connectivity index (χ2v) is 6.09. The SMILES string of the molecule is CC1(O)CCN(C(=O)c2cc(N)cn2C2CC2)CC1. The van der Waals surface area contributed by atoms with E-state index in [1.165, 1.54) is 0 Å². The van der Waals surface area contributed by atoms with Crippen molar-refractivity contribution in [3.8, 4) is 0 Å². The maximum absolute atomic E-state index is 12.5. The zero-order chi connectivity index (χ0) is 13.6. The third-order valence-electron chi connectivity index (χ3n) is 4.16. The number of likely N-dealkylation sites (tertiary alicyclic amines) is 1. The van der Waals surface area contributed by atoms with E-state index in [0.717, 1.165) is 12.8 Å². The van der Waals surface area contributed by atoms with Crippen molar-refractivity contribution in [2.45, 2.75) is 44.2 Å². The molecule has 1 saturated carbocycles. The van der Waals surface area contributed by atoms with E-state index in [2.05, 4.69) is 0 Å². The van der Waals surface area contributed by atoms with Crippen LogP contribution in [0, 0.1) is 0 Å². The first kappa shape index (κ1) is 12.5. The Labute approximate surface area is 113 Å². The predicted octanol–water partition coefficient (Wildman–Crippen LogP) is 1.39. The Morgan fingerprint density at radius 1 is 1.42 bits per heavy atom. The standard InChI is InChI=1S/C14H21N3O2/c1-14(19)4-6-16(7-5-14)13(18)12-8-10(15)9-17(12)11-2-3-11/h8-9,11,19H,2-7,15H2,1H3. The monoisotopic (exact) mass is 263 g/mol. The van der Waals surface area contributed by atoms with Crippen molar-refractivity contribution in [2.75, 3.05) is 18.8 Å². The molecule has 0 unspecified atom stereocenters. The summed E-state index contributed by atoms with van der Waals surface area (Å²) in [5.74, 6) is 0.0408. The van der Waals surface area contributed by atoms with Crippen molar-refractivity contribution < 1.29 is 9.90 Å². The van der Waals surface area contributed by atoms with E-state index in [1.807, 2.05) is 22.6 Å². The fraction of sp³-hybridized carbons (Fsp3) is 0.643. The minimum absolute atomic E-state index is 0.0408. The molecule has 1 amide bonds. The molecule has 0 spiro atoms. The molecule has 2 heterocycles. The van der Waals surface area contributed by atoms with Crippen LogP contribution in [0.5, 0.6) is 0 Å². The Morgan fingerprint density at radius 2 is 2.05 bits per heavy atom. The molecular formula is C14H21N3O2. The number of hydrogen-bond donors (Lipinski definition) is 2. The van der Waals surface area contributed by atoms with Crippen LogP contribution >= 0.6 is 0 Å². The number of rotatable bonds is 2. The number of piperidine rings is 1. The van der Waals surface area contributed by atoms with E-state index in [9.17, 15) is 9.90 Å². The van der Waals surface area contributed by atoms with Gasteiger partial charge in [-0.2, -0.15) is 0 Å². The van der Waals surface area contributed by atoms with Crippen LogP contribution in [0.15, 0.2) is 12.3 Å². The molecule has 2 fully saturated rings. The van der Waals surface area contributed by atoms with Gasteiger partial charge in [-0.25, -0.2) is 0 Å². The van der Waals surface area contributed by atoms with Crippen LogP contribution in [0.2, 0.25) is 0 Å². The van der Waals surface area contributed by atoms with E-state index in [1.54, 1.807) is 6.07 Å². The summed E-state index contributed by atoms with van der Waals surface area (Å²) in [6.07, 6.45) is 5.40. The van der Waals surface area contributed by atoms with Gasteiger partial charge in [-0.3, -0.25) is 4.79 Å². The number of amides is 1. The summed E-state index contributed by atoms with van der Waals surface area (Å²) < 4.78 is 2.02. The number of aromatic nitrogens is 1. The van der Waals surface area contributed by atoms with Gasteiger partial charge in [0.15, 0.2) is 0 Å². The molecule has 1 aromatic heterocycles. The molecule has 5 nitrogen and oxygen atoms in total. The van der Waals surface area contributed by atoms with Crippen molar-refractivity contribution in [1.82, 2.24) is 9.47 Å². The number of carbonyl (C=O) groups is 1. The normalized spacial score (nSPS) is 22.5. The molecule has 0 aromatic carbocycles. The Kier molecular flexibility index (Phi) is 2.82.